The molecule has 8 heteroatoms. The summed E-state index contributed by atoms with van der Waals surface area (Å²) in [7, 11) is 1.63. The summed E-state index contributed by atoms with van der Waals surface area (Å²) >= 11 is 3.14. The van der Waals surface area contributed by atoms with E-state index < -0.39 is 0 Å². The summed E-state index contributed by atoms with van der Waals surface area (Å²) in [5.41, 5.74) is 2.97. The zero-order valence-electron chi connectivity index (χ0n) is 15.5. The maximum Gasteiger partial charge on any atom is 0.297 e. The van der Waals surface area contributed by atoms with Crippen LogP contribution in [0.15, 0.2) is 68.5 Å². The lowest BCUT2D eigenvalue weighted by Crippen LogP contribution is -2.29. The van der Waals surface area contributed by atoms with Crippen molar-refractivity contribution in [3.05, 3.63) is 75.7 Å². The van der Waals surface area contributed by atoms with Gasteiger partial charge in [-0.1, -0.05) is 23.9 Å². The molecule has 4 rings (SSSR count). The van der Waals surface area contributed by atoms with Gasteiger partial charge in [0.15, 0.2) is 0 Å². The van der Waals surface area contributed by atoms with Crippen molar-refractivity contribution in [3.63, 3.8) is 0 Å². The molecule has 0 radical (unpaired) electrons. The predicted octanol–water partition coefficient (Wildman–Crippen LogP) is 3.32. The van der Waals surface area contributed by atoms with Crippen molar-refractivity contribution in [2.24, 2.45) is 5.10 Å². The van der Waals surface area contributed by atoms with Crippen LogP contribution in [-0.4, -0.2) is 39.7 Å². The summed E-state index contributed by atoms with van der Waals surface area (Å²) in [6.45, 7) is 0. The molecular weight excluding hydrogens is 392 g/mol. The minimum absolute atomic E-state index is 0.225. The Morgan fingerprint density at radius 2 is 1.86 bits per heavy atom. The maximum absolute atomic E-state index is 12.9. The number of benzene rings is 2. The molecule has 0 aliphatic carbocycles. The van der Waals surface area contributed by atoms with Gasteiger partial charge in [0.25, 0.3) is 5.56 Å². The predicted molar refractivity (Wildman–Crippen MR) is 113 cm³/mol. The van der Waals surface area contributed by atoms with Crippen LogP contribution in [0.3, 0.4) is 0 Å². The number of ether oxygens (including phenoxy) is 1. The summed E-state index contributed by atoms with van der Waals surface area (Å²) < 4.78 is 6.57. The molecule has 0 saturated heterocycles. The van der Waals surface area contributed by atoms with E-state index in [1.807, 2.05) is 54.8 Å². The standard InChI is InChI=1S/C20H18N4O2S2/c1-26-15-7-5-14(6-8-15)18-12-28-20-22-21-17(19(25)24(20)23-18)11-13-3-9-16(27-2)10-4-13/h3-10H,11-12H2,1-2H3. The van der Waals surface area contributed by atoms with E-state index in [4.69, 9.17) is 4.74 Å². The molecule has 3 aromatic rings. The first-order valence-corrected chi connectivity index (χ1v) is 10.9. The van der Waals surface area contributed by atoms with Gasteiger partial charge in [-0.25, -0.2) is 0 Å². The first kappa shape index (κ1) is 18.8. The molecule has 0 amide bonds. The lowest BCUT2D eigenvalue weighted by Gasteiger charge is -2.15. The second kappa shape index (κ2) is 8.20. The SMILES string of the molecule is COc1ccc(C2=Nn3c(nnc(Cc4ccc(SC)cc4)c3=O)SC2)cc1. The molecule has 0 atom stereocenters. The second-order valence-electron chi connectivity index (χ2n) is 6.13. The smallest absolute Gasteiger partial charge is 0.297 e. The Bertz CT molecular complexity index is 1080. The first-order chi connectivity index (χ1) is 13.7. The van der Waals surface area contributed by atoms with Gasteiger partial charge in [-0.05, 0) is 53.8 Å². The highest BCUT2D eigenvalue weighted by molar-refractivity contribution is 7.99. The fourth-order valence-corrected chi connectivity index (χ4v) is 4.07. The number of rotatable bonds is 5. The fraction of sp³-hybridized carbons (Fsp3) is 0.200. The average molecular weight is 411 g/mol. The van der Waals surface area contributed by atoms with Crippen LogP contribution in [0.2, 0.25) is 0 Å². The monoisotopic (exact) mass is 410 g/mol. The van der Waals surface area contributed by atoms with Crippen LogP contribution in [0.1, 0.15) is 16.8 Å². The lowest BCUT2D eigenvalue weighted by atomic mass is 10.1. The number of nitrogens with zero attached hydrogens (tertiary/aromatic N) is 4. The molecule has 0 unspecified atom stereocenters. The second-order valence-corrected chi connectivity index (χ2v) is 7.96. The third kappa shape index (κ3) is 3.83. The molecule has 2 aromatic carbocycles. The van der Waals surface area contributed by atoms with Gasteiger partial charge < -0.3 is 4.74 Å². The normalized spacial score (nSPS) is 13.0. The Hall–Kier alpha value is -2.58. The summed E-state index contributed by atoms with van der Waals surface area (Å²) in [4.78, 5) is 14.1. The van der Waals surface area contributed by atoms with Crippen LogP contribution in [0, 0.1) is 0 Å². The van der Waals surface area contributed by atoms with Gasteiger partial charge >= 0.3 is 0 Å². The molecular formula is C20H18N4O2S2. The molecule has 1 aliphatic rings. The highest BCUT2D eigenvalue weighted by Gasteiger charge is 2.19. The van der Waals surface area contributed by atoms with Crippen molar-refractivity contribution < 1.29 is 4.74 Å². The van der Waals surface area contributed by atoms with E-state index in [2.05, 4.69) is 15.3 Å². The van der Waals surface area contributed by atoms with Crippen LogP contribution in [-0.2, 0) is 6.42 Å². The van der Waals surface area contributed by atoms with E-state index in [1.165, 1.54) is 21.3 Å². The van der Waals surface area contributed by atoms with E-state index in [-0.39, 0.29) is 5.56 Å². The highest BCUT2D eigenvalue weighted by Crippen LogP contribution is 2.22. The Morgan fingerprint density at radius 3 is 2.54 bits per heavy atom. The van der Waals surface area contributed by atoms with Gasteiger partial charge in [-0.3, -0.25) is 4.79 Å². The van der Waals surface area contributed by atoms with Gasteiger partial charge in [0, 0.05) is 17.1 Å². The Balaban J connectivity index is 1.65. The zero-order valence-corrected chi connectivity index (χ0v) is 17.1. The van der Waals surface area contributed by atoms with Crippen molar-refractivity contribution >= 4 is 29.2 Å². The van der Waals surface area contributed by atoms with E-state index in [9.17, 15) is 4.79 Å². The topological polar surface area (TPSA) is 69.4 Å². The van der Waals surface area contributed by atoms with Crippen molar-refractivity contribution in [3.8, 4) is 5.75 Å². The van der Waals surface area contributed by atoms with E-state index >= 15 is 0 Å². The third-order valence-electron chi connectivity index (χ3n) is 4.39. The van der Waals surface area contributed by atoms with Gasteiger partial charge in [-0.2, -0.15) is 9.78 Å². The summed E-state index contributed by atoms with van der Waals surface area (Å²) in [5.74, 6) is 1.42. The molecule has 6 nitrogen and oxygen atoms in total. The molecule has 0 spiro atoms. The molecule has 1 aromatic heterocycles. The van der Waals surface area contributed by atoms with Gasteiger partial charge in [-0.15, -0.1) is 22.0 Å². The van der Waals surface area contributed by atoms with E-state index in [0.29, 0.717) is 23.0 Å². The van der Waals surface area contributed by atoms with Crippen molar-refractivity contribution in [1.82, 2.24) is 14.9 Å². The quantitative estimate of drug-likeness (QED) is 0.601. The number of fused-ring (bicyclic) bond motifs is 1. The van der Waals surface area contributed by atoms with Crippen molar-refractivity contribution in [2.45, 2.75) is 16.5 Å². The highest BCUT2D eigenvalue weighted by atomic mass is 32.2. The average Bonchev–Trinajstić information content (AvgIpc) is 2.76. The minimum Gasteiger partial charge on any atom is -0.497 e. The van der Waals surface area contributed by atoms with E-state index in [1.54, 1.807) is 18.9 Å². The van der Waals surface area contributed by atoms with Crippen molar-refractivity contribution in [1.29, 1.82) is 0 Å². The Labute approximate surface area is 171 Å². The first-order valence-electron chi connectivity index (χ1n) is 8.64. The van der Waals surface area contributed by atoms with Crippen molar-refractivity contribution in [2.75, 3.05) is 19.1 Å². The molecule has 1 aliphatic heterocycles. The summed E-state index contributed by atoms with van der Waals surface area (Å²) in [5, 5.41) is 13.4. The number of hydrogen-bond acceptors (Lipinski definition) is 7. The van der Waals surface area contributed by atoms with Gasteiger partial charge in [0.1, 0.15) is 11.4 Å². The number of thioether (sulfide) groups is 2. The van der Waals surface area contributed by atoms with Crippen LogP contribution in [0.4, 0.5) is 0 Å². The summed E-state index contributed by atoms with van der Waals surface area (Å²) in [6.07, 6.45) is 2.46. The molecule has 142 valence electrons. The maximum atomic E-state index is 12.9. The Morgan fingerprint density at radius 1 is 1.11 bits per heavy atom. The number of methoxy groups -OCH3 is 1. The molecule has 0 N–H and O–H groups in total. The number of aromatic nitrogens is 3. The molecule has 28 heavy (non-hydrogen) atoms. The minimum atomic E-state index is -0.225. The lowest BCUT2D eigenvalue weighted by molar-refractivity contribution is 0.415. The molecule has 0 fully saturated rings. The van der Waals surface area contributed by atoms with Crippen LogP contribution < -0.4 is 10.3 Å². The Kier molecular flexibility index (Phi) is 5.50. The molecule has 0 bridgehead atoms. The molecule has 0 saturated carbocycles. The van der Waals surface area contributed by atoms with Crippen LogP contribution >= 0.6 is 23.5 Å². The van der Waals surface area contributed by atoms with Crippen LogP contribution in [0.25, 0.3) is 0 Å². The fourth-order valence-electron chi connectivity index (χ4n) is 2.83. The molecule has 2 heterocycles. The number of hydrogen-bond donors (Lipinski definition) is 0. The van der Waals surface area contributed by atoms with Gasteiger partial charge in [0.2, 0.25) is 5.16 Å². The van der Waals surface area contributed by atoms with Crippen LogP contribution in [0.5, 0.6) is 5.75 Å². The zero-order chi connectivity index (χ0) is 19.5. The van der Waals surface area contributed by atoms with E-state index in [0.717, 1.165) is 22.6 Å². The third-order valence-corrected chi connectivity index (χ3v) is 6.06. The van der Waals surface area contributed by atoms with Gasteiger partial charge in [0.05, 0.1) is 12.8 Å². The summed E-state index contributed by atoms with van der Waals surface area (Å²) in [6, 6.07) is 15.8. The largest absolute Gasteiger partial charge is 0.497 e.